The molecule has 0 aromatic carbocycles. The van der Waals surface area contributed by atoms with E-state index in [1.165, 1.54) is 0 Å². The Labute approximate surface area is 97.2 Å². The van der Waals surface area contributed by atoms with Crippen LogP contribution < -0.4 is 0 Å². The molecule has 2 bridgehead atoms. The summed E-state index contributed by atoms with van der Waals surface area (Å²) in [5.41, 5.74) is 0. The average Bonchev–Trinajstić information content (AvgIpc) is 2.53. The van der Waals surface area contributed by atoms with Crippen LogP contribution in [0.3, 0.4) is 0 Å². The van der Waals surface area contributed by atoms with Crippen molar-refractivity contribution in [2.75, 3.05) is 13.1 Å². The van der Waals surface area contributed by atoms with E-state index >= 15 is 0 Å². The Morgan fingerprint density at radius 1 is 1.25 bits per heavy atom. The van der Waals surface area contributed by atoms with Crippen molar-refractivity contribution in [3.05, 3.63) is 0 Å². The topological polar surface area (TPSA) is 43.8 Å². The lowest BCUT2D eigenvalue weighted by atomic mass is 10.0. The summed E-state index contributed by atoms with van der Waals surface area (Å²) < 4.78 is 0. The fourth-order valence-corrected chi connectivity index (χ4v) is 3.12. The van der Waals surface area contributed by atoms with Crippen molar-refractivity contribution in [1.29, 1.82) is 0 Å². The van der Waals surface area contributed by atoms with Crippen LogP contribution in [0.5, 0.6) is 0 Å². The van der Waals surface area contributed by atoms with Gasteiger partial charge in [-0.1, -0.05) is 0 Å². The molecule has 2 atom stereocenters. The van der Waals surface area contributed by atoms with E-state index in [9.17, 15) is 9.90 Å². The van der Waals surface area contributed by atoms with Crippen LogP contribution in [0.1, 0.15) is 39.5 Å². The maximum atomic E-state index is 12.3. The first-order valence-corrected chi connectivity index (χ1v) is 6.42. The van der Waals surface area contributed by atoms with Crippen LogP contribution in [0.2, 0.25) is 0 Å². The number of aliphatic hydroxyl groups excluding tert-OH is 1. The maximum Gasteiger partial charge on any atom is 0.320 e. The standard InChI is InChI=1S/C12H22N2O2/c1-3-13(4-2)12(16)14-9-5-6-10(14)8-11(15)7-9/h9-11,15H,3-8H2,1-2H3. The molecular weight excluding hydrogens is 204 g/mol. The lowest BCUT2D eigenvalue weighted by Crippen LogP contribution is -2.53. The molecule has 2 aliphatic rings. The van der Waals surface area contributed by atoms with Crippen molar-refractivity contribution in [3.8, 4) is 0 Å². The van der Waals surface area contributed by atoms with E-state index < -0.39 is 0 Å². The summed E-state index contributed by atoms with van der Waals surface area (Å²) in [5, 5.41) is 9.69. The van der Waals surface area contributed by atoms with Crippen LogP contribution in [0.4, 0.5) is 4.79 Å². The SMILES string of the molecule is CCN(CC)C(=O)N1C2CCC1CC(O)C2. The predicted octanol–water partition coefficient (Wildman–Crippen LogP) is 1.44. The number of carbonyl (C=O) groups excluding carboxylic acids is 1. The highest BCUT2D eigenvalue weighted by atomic mass is 16.3. The van der Waals surface area contributed by atoms with Gasteiger partial charge in [0.05, 0.1) is 6.10 Å². The average molecular weight is 226 g/mol. The van der Waals surface area contributed by atoms with Crippen molar-refractivity contribution in [1.82, 2.24) is 9.80 Å². The number of carbonyl (C=O) groups is 1. The van der Waals surface area contributed by atoms with E-state index in [1.54, 1.807) is 0 Å². The van der Waals surface area contributed by atoms with Crippen molar-refractivity contribution in [3.63, 3.8) is 0 Å². The molecule has 0 aliphatic carbocycles. The minimum absolute atomic E-state index is 0.171. The number of amides is 2. The Balaban J connectivity index is 2.07. The van der Waals surface area contributed by atoms with Crippen LogP contribution >= 0.6 is 0 Å². The Morgan fingerprint density at radius 3 is 2.19 bits per heavy atom. The summed E-state index contributed by atoms with van der Waals surface area (Å²) in [6.45, 7) is 5.58. The number of rotatable bonds is 2. The van der Waals surface area contributed by atoms with Gasteiger partial charge in [-0.25, -0.2) is 4.79 Å². The molecule has 2 fully saturated rings. The molecule has 1 N–H and O–H groups in total. The molecule has 2 rings (SSSR count). The van der Waals surface area contributed by atoms with Gasteiger partial charge in [-0.3, -0.25) is 0 Å². The van der Waals surface area contributed by atoms with Gasteiger partial charge in [-0.05, 0) is 39.5 Å². The van der Waals surface area contributed by atoms with Crippen LogP contribution in [0, 0.1) is 0 Å². The van der Waals surface area contributed by atoms with Crippen LogP contribution in [-0.2, 0) is 0 Å². The quantitative estimate of drug-likeness (QED) is 0.774. The zero-order valence-electron chi connectivity index (χ0n) is 10.2. The lowest BCUT2D eigenvalue weighted by molar-refractivity contribution is 0.0437. The van der Waals surface area contributed by atoms with Crippen LogP contribution in [0.15, 0.2) is 0 Å². The van der Waals surface area contributed by atoms with Crippen molar-refractivity contribution in [2.45, 2.75) is 57.7 Å². The van der Waals surface area contributed by atoms with E-state index in [0.717, 1.165) is 38.8 Å². The predicted molar refractivity (Wildman–Crippen MR) is 62.2 cm³/mol. The highest BCUT2D eigenvalue weighted by Gasteiger charge is 2.43. The molecule has 2 amide bonds. The van der Waals surface area contributed by atoms with Crippen molar-refractivity contribution >= 4 is 6.03 Å². The van der Waals surface area contributed by atoms with E-state index in [-0.39, 0.29) is 24.2 Å². The lowest BCUT2D eigenvalue weighted by Gasteiger charge is -2.39. The van der Waals surface area contributed by atoms with Gasteiger partial charge < -0.3 is 14.9 Å². The summed E-state index contributed by atoms with van der Waals surface area (Å²) in [6.07, 6.45) is 3.47. The largest absolute Gasteiger partial charge is 0.393 e. The Hall–Kier alpha value is -0.770. The number of hydrogen-bond donors (Lipinski definition) is 1. The number of nitrogens with zero attached hydrogens (tertiary/aromatic N) is 2. The summed E-state index contributed by atoms with van der Waals surface area (Å²) in [6, 6.07) is 0.730. The zero-order valence-corrected chi connectivity index (χ0v) is 10.2. The number of urea groups is 1. The number of piperidine rings is 1. The van der Waals surface area contributed by atoms with Crippen molar-refractivity contribution < 1.29 is 9.90 Å². The molecule has 0 spiro atoms. The third-order valence-corrected chi connectivity index (χ3v) is 3.96. The molecule has 0 aromatic heterocycles. The van der Waals surface area contributed by atoms with Gasteiger partial charge >= 0.3 is 6.03 Å². The fourth-order valence-electron chi connectivity index (χ4n) is 3.12. The van der Waals surface area contributed by atoms with Crippen LogP contribution in [-0.4, -0.2) is 52.2 Å². The van der Waals surface area contributed by atoms with E-state index in [0.29, 0.717) is 0 Å². The smallest absolute Gasteiger partial charge is 0.320 e. The van der Waals surface area contributed by atoms with Gasteiger partial charge in [0.25, 0.3) is 0 Å². The molecule has 4 nitrogen and oxygen atoms in total. The summed E-state index contributed by atoms with van der Waals surface area (Å²) >= 11 is 0. The Kier molecular flexibility index (Phi) is 3.38. The third-order valence-electron chi connectivity index (χ3n) is 3.96. The molecule has 2 saturated heterocycles. The second-order valence-corrected chi connectivity index (χ2v) is 4.87. The van der Waals surface area contributed by atoms with E-state index in [4.69, 9.17) is 0 Å². The molecule has 2 heterocycles. The molecule has 0 aromatic rings. The second-order valence-electron chi connectivity index (χ2n) is 4.87. The van der Waals surface area contributed by atoms with E-state index in [1.807, 2.05) is 23.6 Å². The Bertz CT molecular complexity index is 252. The molecule has 0 radical (unpaired) electrons. The van der Waals surface area contributed by atoms with Gasteiger partial charge in [0.2, 0.25) is 0 Å². The summed E-state index contributed by atoms with van der Waals surface area (Å²) in [5.74, 6) is 0. The third kappa shape index (κ3) is 1.90. The van der Waals surface area contributed by atoms with Gasteiger partial charge in [-0.15, -0.1) is 0 Å². The number of hydrogen-bond acceptors (Lipinski definition) is 2. The van der Waals surface area contributed by atoms with Crippen molar-refractivity contribution in [2.24, 2.45) is 0 Å². The first-order chi connectivity index (χ1) is 7.67. The fraction of sp³-hybridized carbons (Fsp3) is 0.917. The van der Waals surface area contributed by atoms with Gasteiger partial charge in [0, 0.05) is 25.2 Å². The van der Waals surface area contributed by atoms with Crippen LogP contribution in [0.25, 0.3) is 0 Å². The first kappa shape index (κ1) is 11.7. The first-order valence-electron chi connectivity index (χ1n) is 6.42. The minimum Gasteiger partial charge on any atom is -0.393 e. The summed E-state index contributed by atoms with van der Waals surface area (Å²) in [7, 11) is 0. The minimum atomic E-state index is -0.196. The van der Waals surface area contributed by atoms with E-state index in [2.05, 4.69) is 0 Å². The second kappa shape index (κ2) is 4.62. The molecule has 16 heavy (non-hydrogen) atoms. The number of aliphatic hydroxyl groups is 1. The summed E-state index contributed by atoms with van der Waals surface area (Å²) in [4.78, 5) is 16.2. The molecule has 2 unspecified atom stereocenters. The highest BCUT2D eigenvalue weighted by Crippen LogP contribution is 2.36. The zero-order chi connectivity index (χ0) is 11.7. The molecule has 2 aliphatic heterocycles. The number of fused-ring (bicyclic) bond motifs is 2. The van der Waals surface area contributed by atoms with Gasteiger partial charge in [-0.2, -0.15) is 0 Å². The monoisotopic (exact) mass is 226 g/mol. The van der Waals surface area contributed by atoms with Gasteiger partial charge in [0.1, 0.15) is 0 Å². The Morgan fingerprint density at radius 2 is 1.75 bits per heavy atom. The van der Waals surface area contributed by atoms with Gasteiger partial charge in [0.15, 0.2) is 0 Å². The normalized spacial score (nSPS) is 32.9. The molecular formula is C12H22N2O2. The molecule has 0 saturated carbocycles. The molecule has 92 valence electrons. The highest BCUT2D eigenvalue weighted by molar-refractivity contribution is 5.75. The maximum absolute atomic E-state index is 12.3. The molecule has 4 heteroatoms.